The summed E-state index contributed by atoms with van der Waals surface area (Å²) in [4.78, 5) is 10.2. The molecule has 0 saturated carbocycles. The summed E-state index contributed by atoms with van der Waals surface area (Å²) in [5, 5.41) is 32.4. The summed E-state index contributed by atoms with van der Waals surface area (Å²) in [6.07, 6.45) is 10.5. The largest absolute Gasteiger partial charge is 1.00 e. The van der Waals surface area contributed by atoms with Crippen LogP contribution in [0.2, 0.25) is 0 Å². The second-order valence-electron chi connectivity index (χ2n) is 5.44. The number of carboxylic acid groups (broad SMARTS) is 1. The van der Waals surface area contributed by atoms with Crippen LogP contribution in [0, 0.1) is 0 Å². The van der Waals surface area contributed by atoms with Crippen molar-refractivity contribution in [3.63, 3.8) is 0 Å². The van der Waals surface area contributed by atoms with Crippen LogP contribution < -0.4 is 29.6 Å². The monoisotopic (exact) mass is 414 g/mol. The molecule has 0 aromatic heterocycles. The van der Waals surface area contributed by atoms with Gasteiger partial charge in [-0.1, -0.05) is 58.3 Å². The van der Waals surface area contributed by atoms with E-state index in [1.54, 1.807) is 0 Å². The van der Waals surface area contributed by atoms with E-state index in [9.17, 15) is 4.79 Å². The van der Waals surface area contributed by atoms with Gasteiger partial charge in [-0.25, -0.2) is 0 Å². The van der Waals surface area contributed by atoms with Gasteiger partial charge in [0.25, 0.3) is 0 Å². The Morgan fingerprint density at radius 2 is 1.19 bits per heavy atom. The van der Waals surface area contributed by atoms with E-state index in [0.717, 1.165) is 12.8 Å². The third-order valence-electron chi connectivity index (χ3n) is 2.92. The first-order valence-electron chi connectivity index (χ1n) is 8.39. The van der Waals surface area contributed by atoms with Crippen molar-refractivity contribution in [2.45, 2.75) is 77.2 Å². The predicted octanol–water partition coefficient (Wildman–Crippen LogP) is -1.21. The summed E-state index contributed by atoms with van der Waals surface area (Å²) in [5.41, 5.74) is 0. The Bertz CT molecular complexity index is 371. The van der Waals surface area contributed by atoms with Crippen molar-refractivity contribution in [3.05, 3.63) is 0 Å². The summed E-state index contributed by atoms with van der Waals surface area (Å²) in [5.74, 6) is -0.659. The van der Waals surface area contributed by atoms with Gasteiger partial charge in [-0.15, -0.1) is 0 Å². The fourth-order valence-electron chi connectivity index (χ4n) is 1.64. The van der Waals surface area contributed by atoms with E-state index >= 15 is 0 Å². The first kappa shape index (κ1) is 33.8. The van der Waals surface area contributed by atoms with Gasteiger partial charge in [0.2, 0.25) is 0 Å². The van der Waals surface area contributed by atoms with Crippen LogP contribution in [0.25, 0.3) is 0 Å². The molecule has 9 nitrogen and oxygen atoms in total. The van der Waals surface area contributed by atoms with Crippen LogP contribution in [0.1, 0.15) is 72.6 Å². The molecule has 0 saturated heterocycles. The zero-order valence-corrected chi connectivity index (χ0v) is 18.7. The van der Waals surface area contributed by atoms with E-state index in [4.69, 9.17) is 37.9 Å². The Hall–Kier alpha value is 0.220. The van der Waals surface area contributed by atoms with Gasteiger partial charge < -0.3 is 21.9 Å². The smallest absolute Gasteiger partial charge is 1.00 e. The number of unbranched alkanes of at least 4 members (excludes halogenated alkanes) is 8. The van der Waals surface area contributed by atoms with Gasteiger partial charge in [-0.2, -0.15) is 8.42 Å². The van der Waals surface area contributed by atoms with Crippen molar-refractivity contribution in [1.82, 2.24) is 0 Å². The van der Waals surface area contributed by atoms with Crippen molar-refractivity contribution in [2.75, 3.05) is 13.2 Å². The minimum atomic E-state index is -4.67. The van der Waals surface area contributed by atoms with Crippen LogP contribution in [0.5, 0.6) is 0 Å². The molecule has 0 heterocycles. The van der Waals surface area contributed by atoms with Crippen molar-refractivity contribution in [1.29, 1.82) is 0 Å². The Labute approximate surface area is 180 Å². The van der Waals surface area contributed by atoms with Crippen molar-refractivity contribution < 1.29 is 73.7 Å². The van der Waals surface area contributed by atoms with Gasteiger partial charge in [0.05, 0.1) is 13.2 Å². The first-order chi connectivity index (χ1) is 11.6. The molecule has 0 aliphatic rings. The molecular weight excluding hydrogens is 379 g/mol. The maximum Gasteiger partial charge on any atom is 1.00 e. The molecule has 0 bridgehead atoms. The minimum absolute atomic E-state index is 0. The topological polar surface area (TPSA) is 173 Å². The number of carboxylic acids is 1. The molecule has 6 N–H and O–H groups in total. The Balaban J connectivity index is -0.000000104. The average Bonchev–Trinajstić information content (AvgIpc) is 2.51. The second kappa shape index (κ2) is 25.2. The van der Waals surface area contributed by atoms with Crippen molar-refractivity contribution in [2.24, 2.45) is 0 Å². The zero-order chi connectivity index (χ0) is 20.1. The zero-order valence-electron chi connectivity index (χ0n) is 16.9. The summed E-state index contributed by atoms with van der Waals surface area (Å²) in [7, 11) is -4.67. The van der Waals surface area contributed by atoms with Crippen molar-refractivity contribution in [3.8, 4) is 0 Å². The summed E-state index contributed by atoms with van der Waals surface area (Å²) >= 11 is 0. The molecule has 0 fully saturated rings. The maximum atomic E-state index is 10.2. The van der Waals surface area contributed by atoms with E-state index < -0.39 is 22.5 Å². The summed E-state index contributed by atoms with van der Waals surface area (Å²) in [6.45, 7) is 1.50. The van der Waals surface area contributed by atoms with Gasteiger partial charge in [0.15, 0.2) is 0 Å². The normalized spacial score (nSPS) is 10.1. The number of aliphatic hydroxyl groups excluding tert-OH is 3. The Kier molecular flexibility index (Phi) is 32.8. The Morgan fingerprint density at radius 1 is 0.885 bits per heavy atom. The molecule has 26 heavy (non-hydrogen) atoms. The third-order valence-corrected chi connectivity index (χ3v) is 2.92. The van der Waals surface area contributed by atoms with Crippen LogP contribution in [0.15, 0.2) is 0 Å². The van der Waals surface area contributed by atoms with E-state index in [1.807, 2.05) is 0 Å². The number of rotatable bonds is 12. The van der Waals surface area contributed by atoms with E-state index in [-0.39, 0.29) is 44.2 Å². The number of hydrogen-bond donors (Lipinski definition) is 6. The number of aliphatic carboxylic acids is 1. The van der Waals surface area contributed by atoms with Gasteiger partial charge >= 0.3 is 45.9 Å². The van der Waals surface area contributed by atoms with Crippen LogP contribution in [0.4, 0.5) is 0 Å². The SMILES string of the molecule is CCCCCCCCCCCC(=O)O.O=S(=O)(O)O.OCC(O)CO.[H-].[Na+]. The fraction of sp³-hybridized carbons (Fsp3) is 0.933. The number of hydrogen-bond acceptors (Lipinski definition) is 6. The van der Waals surface area contributed by atoms with Gasteiger partial charge in [0, 0.05) is 6.42 Å². The molecule has 0 aromatic rings. The standard InChI is InChI=1S/C12H24O2.C3H8O3.Na.H2O4S.H/c1-2-3-4-5-6-7-8-9-10-11-12(13)14;4-1-3(6)2-5;;1-5(2,3)4;/h2-11H2,1H3,(H,13,14);3-6H,1-2H2;;(H2,1,2,3,4);/q;;+1;;-1. The minimum Gasteiger partial charge on any atom is -1.00 e. The summed E-state index contributed by atoms with van der Waals surface area (Å²) in [6, 6.07) is 0. The maximum absolute atomic E-state index is 10.2. The van der Waals surface area contributed by atoms with Crippen LogP contribution in [0.3, 0.4) is 0 Å². The van der Waals surface area contributed by atoms with Crippen LogP contribution >= 0.6 is 0 Å². The first-order valence-corrected chi connectivity index (χ1v) is 9.79. The van der Waals surface area contributed by atoms with E-state index in [1.165, 1.54) is 44.9 Å². The van der Waals surface area contributed by atoms with Crippen molar-refractivity contribution >= 4 is 16.4 Å². The molecule has 0 spiro atoms. The number of aliphatic hydroxyl groups is 3. The summed E-state index contributed by atoms with van der Waals surface area (Å²) < 4.78 is 31.6. The molecule has 0 aliphatic carbocycles. The molecule has 0 aromatic carbocycles. The molecular formula is C15H35NaO9S. The van der Waals surface area contributed by atoms with Gasteiger partial charge in [0.1, 0.15) is 6.10 Å². The average molecular weight is 414 g/mol. The van der Waals surface area contributed by atoms with E-state index in [2.05, 4.69) is 6.92 Å². The van der Waals surface area contributed by atoms with E-state index in [0.29, 0.717) is 6.42 Å². The molecule has 0 aliphatic heterocycles. The fourth-order valence-corrected chi connectivity index (χ4v) is 1.64. The van der Waals surface area contributed by atoms with Crippen LogP contribution in [-0.4, -0.2) is 63.2 Å². The molecule has 156 valence electrons. The second-order valence-corrected chi connectivity index (χ2v) is 6.33. The Morgan fingerprint density at radius 3 is 1.42 bits per heavy atom. The molecule has 0 radical (unpaired) electrons. The molecule has 0 unspecified atom stereocenters. The van der Waals surface area contributed by atoms with Crippen LogP contribution in [-0.2, 0) is 15.2 Å². The number of carbonyl (C=O) groups is 1. The quantitative estimate of drug-likeness (QED) is 0.130. The van der Waals surface area contributed by atoms with Gasteiger partial charge in [-0.05, 0) is 6.42 Å². The molecule has 0 rings (SSSR count). The molecule has 0 atom stereocenters. The molecule has 11 heteroatoms. The van der Waals surface area contributed by atoms with Gasteiger partial charge in [-0.3, -0.25) is 13.9 Å². The third kappa shape index (κ3) is 56.4. The molecule has 0 amide bonds. The predicted molar refractivity (Wildman–Crippen MR) is 94.9 cm³/mol.